The maximum atomic E-state index is 13.2. The number of hydrogen-bond acceptors (Lipinski definition) is 6. The molecule has 1 fully saturated rings. The molecule has 0 radical (unpaired) electrons. The van der Waals surface area contributed by atoms with E-state index in [1.165, 1.54) is 30.7 Å². The summed E-state index contributed by atoms with van der Waals surface area (Å²) >= 11 is 0. The molecule has 31 heavy (non-hydrogen) atoms. The van der Waals surface area contributed by atoms with Gasteiger partial charge in [0.05, 0.1) is 32.1 Å². The molecule has 3 rings (SSSR count). The van der Waals surface area contributed by atoms with Crippen LogP contribution in [0.4, 0.5) is 5.69 Å². The first-order valence-electron chi connectivity index (χ1n) is 9.95. The average Bonchev–Trinajstić information content (AvgIpc) is 2.82. The summed E-state index contributed by atoms with van der Waals surface area (Å²) < 4.78 is 43.4. The Balaban J connectivity index is 1.78. The number of methoxy groups -OCH3 is 3. The van der Waals surface area contributed by atoms with Gasteiger partial charge in [0.25, 0.3) is 0 Å². The number of carbonyl (C=O) groups excluding carboxylic acids is 1. The molecule has 8 nitrogen and oxygen atoms in total. The van der Waals surface area contributed by atoms with Crippen molar-refractivity contribution in [3.63, 3.8) is 0 Å². The number of rotatable bonds is 7. The normalized spacial score (nSPS) is 17.1. The Bertz CT molecular complexity index is 1020. The maximum absolute atomic E-state index is 13.2. The zero-order valence-corrected chi connectivity index (χ0v) is 19.0. The number of benzene rings is 2. The molecule has 1 amide bonds. The molecule has 0 saturated carbocycles. The molecule has 1 heterocycles. The first-order chi connectivity index (χ1) is 14.8. The molecule has 0 N–H and O–H groups in total. The predicted octanol–water partition coefficient (Wildman–Crippen LogP) is 2.78. The first-order valence-corrected chi connectivity index (χ1v) is 11.4. The van der Waals surface area contributed by atoms with Gasteiger partial charge in [-0.05, 0) is 49.2 Å². The minimum Gasteiger partial charge on any atom is -0.497 e. The van der Waals surface area contributed by atoms with Crippen molar-refractivity contribution >= 4 is 21.6 Å². The van der Waals surface area contributed by atoms with Gasteiger partial charge >= 0.3 is 0 Å². The molecule has 168 valence electrons. The Morgan fingerprint density at radius 1 is 1.00 bits per heavy atom. The highest BCUT2D eigenvalue weighted by atomic mass is 32.2. The van der Waals surface area contributed by atoms with E-state index in [0.29, 0.717) is 36.6 Å². The summed E-state index contributed by atoms with van der Waals surface area (Å²) in [7, 11) is 2.46. The monoisotopic (exact) mass is 448 g/mol. The van der Waals surface area contributed by atoms with Gasteiger partial charge in [-0.3, -0.25) is 4.79 Å². The van der Waals surface area contributed by atoms with Gasteiger partial charge in [0.15, 0.2) is 11.5 Å². The van der Waals surface area contributed by atoms with Crippen molar-refractivity contribution in [2.24, 2.45) is 5.92 Å². The number of carbonyl (C=O) groups is 1. The molecule has 1 atom stereocenters. The van der Waals surface area contributed by atoms with Crippen LogP contribution in [0.15, 0.2) is 47.4 Å². The fourth-order valence-corrected chi connectivity index (χ4v) is 5.24. The molecule has 2 aromatic carbocycles. The highest BCUT2D eigenvalue weighted by molar-refractivity contribution is 7.89. The molecule has 1 aliphatic heterocycles. The molecule has 2 aromatic rings. The topological polar surface area (TPSA) is 85.4 Å². The Morgan fingerprint density at radius 3 is 2.29 bits per heavy atom. The van der Waals surface area contributed by atoms with Crippen LogP contribution in [-0.2, 0) is 14.8 Å². The molecule has 0 spiro atoms. The number of ether oxygens (including phenoxy) is 3. The lowest BCUT2D eigenvalue weighted by atomic mass is 9.98. The zero-order chi connectivity index (χ0) is 22.6. The first kappa shape index (κ1) is 22.9. The third-order valence-electron chi connectivity index (χ3n) is 5.52. The molecular formula is C22H28N2O6S. The fourth-order valence-electron chi connectivity index (χ4n) is 3.70. The summed E-state index contributed by atoms with van der Waals surface area (Å²) in [6.45, 7) is 0.503. The van der Waals surface area contributed by atoms with E-state index in [9.17, 15) is 13.2 Å². The largest absolute Gasteiger partial charge is 0.497 e. The number of hydrogen-bond donors (Lipinski definition) is 0. The van der Waals surface area contributed by atoms with E-state index >= 15 is 0 Å². The summed E-state index contributed by atoms with van der Waals surface area (Å²) in [6, 6.07) is 11.7. The van der Waals surface area contributed by atoms with Gasteiger partial charge in [0.1, 0.15) is 5.75 Å². The SMILES string of the molecule is COc1ccc(N(C)C(=O)[C@H]2CCCN(S(=O)(=O)c3ccc(OC)c(OC)c3)C2)cc1. The smallest absolute Gasteiger partial charge is 0.243 e. The van der Waals surface area contributed by atoms with E-state index < -0.39 is 15.9 Å². The second-order valence-electron chi connectivity index (χ2n) is 7.31. The summed E-state index contributed by atoms with van der Waals surface area (Å²) in [5.74, 6) is 0.962. The number of piperidine rings is 1. The second kappa shape index (κ2) is 9.57. The van der Waals surface area contributed by atoms with Crippen molar-refractivity contribution in [3.05, 3.63) is 42.5 Å². The molecule has 0 bridgehead atoms. The van der Waals surface area contributed by atoms with E-state index in [-0.39, 0.29) is 17.3 Å². The predicted molar refractivity (Wildman–Crippen MR) is 117 cm³/mol. The van der Waals surface area contributed by atoms with Gasteiger partial charge in [-0.15, -0.1) is 0 Å². The minimum absolute atomic E-state index is 0.113. The summed E-state index contributed by atoms with van der Waals surface area (Å²) in [5, 5.41) is 0. The lowest BCUT2D eigenvalue weighted by Gasteiger charge is -2.33. The van der Waals surface area contributed by atoms with Crippen molar-refractivity contribution < 1.29 is 27.4 Å². The van der Waals surface area contributed by atoms with Crippen LogP contribution in [0.3, 0.4) is 0 Å². The molecule has 0 aliphatic carbocycles. The summed E-state index contributed by atoms with van der Waals surface area (Å²) in [6.07, 6.45) is 1.25. The van der Waals surface area contributed by atoms with E-state index in [1.54, 1.807) is 49.4 Å². The fraction of sp³-hybridized carbons (Fsp3) is 0.409. The number of nitrogens with zero attached hydrogens (tertiary/aromatic N) is 2. The number of sulfonamides is 1. The number of amides is 1. The molecule has 0 unspecified atom stereocenters. The lowest BCUT2D eigenvalue weighted by molar-refractivity contribution is -0.123. The highest BCUT2D eigenvalue weighted by Crippen LogP contribution is 2.32. The molecule has 0 aromatic heterocycles. The zero-order valence-electron chi connectivity index (χ0n) is 18.2. The Labute approximate surface area is 183 Å². The average molecular weight is 449 g/mol. The quantitative estimate of drug-likeness (QED) is 0.648. The Kier molecular flexibility index (Phi) is 7.07. The van der Waals surface area contributed by atoms with Crippen molar-refractivity contribution in [1.82, 2.24) is 4.31 Å². The van der Waals surface area contributed by atoms with Gasteiger partial charge in [-0.1, -0.05) is 0 Å². The van der Waals surface area contributed by atoms with Gasteiger partial charge in [0.2, 0.25) is 15.9 Å². The van der Waals surface area contributed by atoms with Crippen LogP contribution in [0.25, 0.3) is 0 Å². The van der Waals surface area contributed by atoms with Crippen LogP contribution in [0.2, 0.25) is 0 Å². The standard InChI is InChI=1S/C22H28N2O6S/c1-23(17-7-9-18(28-2)10-8-17)22(25)16-6-5-13-24(15-16)31(26,27)19-11-12-20(29-3)21(14-19)30-4/h7-12,14,16H,5-6,13,15H2,1-4H3/t16-/m0/s1. The van der Waals surface area contributed by atoms with Gasteiger partial charge in [0, 0.05) is 31.9 Å². The third kappa shape index (κ3) is 4.77. The maximum Gasteiger partial charge on any atom is 0.243 e. The second-order valence-corrected chi connectivity index (χ2v) is 9.25. The van der Waals surface area contributed by atoms with Gasteiger partial charge in [-0.25, -0.2) is 8.42 Å². The summed E-state index contributed by atoms with van der Waals surface area (Å²) in [4.78, 5) is 14.8. The number of anilines is 1. The third-order valence-corrected chi connectivity index (χ3v) is 7.38. The molecular weight excluding hydrogens is 420 g/mol. The van der Waals surface area contributed by atoms with E-state index in [1.807, 2.05) is 0 Å². The Hall–Kier alpha value is -2.78. The lowest BCUT2D eigenvalue weighted by Crippen LogP contribution is -2.45. The Morgan fingerprint density at radius 2 is 1.68 bits per heavy atom. The molecule has 9 heteroatoms. The van der Waals surface area contributed by atoms with E-state index in [2.05, 4.69) is 0 Å². The minimum atomic E-state index is -3.77. The highest BCUT2D eigenvalue weighted by Gasteiger charge is 2.35. The van der Waals surface area contributed by atoms with Crippen LogP contribution in [0.1, 0.15) is 12.8 Å². The van der Waals surface area contributed by atoms with Crippen LogP contribution >= 0.6 is 0 Å². The van der Waals surface area contributed by atoms with Crippen molar-refractivity contribution in [1.29, 1.82) is 0 Å². The van der Waals surface area contributed by atoms with Crippen LogP contribution in [0, 0.1) is 5.92 Å². The van der Waals surface area contributed by atoms with E-state index in [0.717, 1.165) is 5.69 Å². The van der Waals surface area contributed by atoms with Gasteiger partial charge < -0.3 is 19.1 Å². The van der Waals surface area contributed by atoms with E-state index in [4.69, 9.17) is 14.2 Å². The van der Waals surface area contributed by atoms with Crippen LogP contribution in [0.5, 0.6) is 17.2 Å². The van der Waals surface area contributed by atoms with Gasteiger partial charge in [-0.2, -0.15) is 4.31 Å². The van der Waals surface area contributed by atoms with Crippen molar-refractivity contribution in [3.8, 4) is 17.2 Å². The van der Waals surface area contributed by atoms with Crippen LogP contribution in [-0.4, -0.2) is 60.1 Å². The van der Waals surface area contributed by atoms with Crippen molar-refractivity contribution in [2.75, 3.05) is 46.4 Å². The summed E-state index contributed by atoms with van der Waals surface area (Å²) in [5.41, 5.74) is 0.727. The molecule has 1 aliphatic rings. The van der Waals surface area contributed by atoms with Crippen molar-refractivity contribution in [2.45, 2.75) is 17.7 Å². The van der Waals surface area contributed by atoms with Crippen LogP contribution < -0.4 is 19.1 Å². The molecule has 1 saturated heterocycles.